The van der Waals surface area contributed by atoms with Gasteiger partial charge in [0.2, 0.25) is 0 Å². The Bertz CT molecular complexity index is 4840. The van der Waals surface area contributed by atoms with Crippen LogP contribution in [-0.4, -0.2) is 134 Å². The average molecular weight is 1740 g/mol. The summed E-state index contributed by atoms with van der Waals surface area (Å²) in [6, 6.07) is 53.3. The molecule has 0 bridgehead atoms. The molecule has 15 rings (SSSR count). The normalized spacial score (nSPS) is 10.7. The van der Waals surface area contributed by atoms with Crippen LogP contribution in [0.4, 0.5) is 0 Å². The molecule has 0 saturated heterocycles. The maximum absolute atomic E-state index is 4.40. The molecule has 0 aliphatic heterocycles. The minimum absolute atomic E-state index is 0. The summed E-state index contributed by atoms with van der Waals surface area (Å²) < 4.78 is 11.3. The summed E-state index contributed by atoms with van der Waals surface area (Å²) in [4.78, 5) is 47.1. The van der Waals surface area contributed by atoms with E-state index in [0.29, 0.717) is 11.8 Å². The Morgan fingerprint density at radius 2 is 1.02 bits per heavy atom. The molecule has 14 aromatic heterocycles. The van der Waals surface area contributed by atoms with Crippen molar-refractivity contribution in [3.05, 3.63) is 291 Å². The van der Waals surface area contributed by atoms with Crippen LogP contribution in [0.3, 0.4) is 0 Å². The largest absolute Gasteiger partial charge is 0.429 e. The first kappa shape index (κ1) is 93.1. The number of nitrogens with zero attached hydrogens (tertiary/aromatic N) is 18. The SMILES string of the molecule is CC(C)(C)c1cn(-c2ccccn2)[c-]n1.Cc1c[c-]n(-c2ccccn2)c1CC(C)(C)C.Cc1ccnc(-n2[c-]cc3ncccc32)c1.Cc1nc(C)n(-c2cc(CC(C)C(C)C)ccn2)n1.[Br-].[I-].[Li+].[Li+].[Mg+2].[Mg+2].[Zn+][I].[c-]1cc2ccccc2n1-c1ccccn1.[c-]1nc2cccnc2n1-c1ccccn1. The molecular formula is C79H81BrI2Li2Mg2N18Zn. The van der Waals surface area contributed by atoms with Gasteiger partial charge < -0.3 is 78.7 Å². The van der Waals surface area contributed by atoms with E-state index < -0.39 is 0 Å². The van der Waals surface area contributed by atoms with Gasteiger partial charge in [0, 0.05) is 67.9 Å². The van der Waals surface area contributed by atoms with Crippen molar-refractivity contribution in [3.8, 4) is 34.9 Å². The van der Waals surface area contributed by atoms with Crippen LogP contribution in [0.25, 0.3) is 68.0 Å². The summed E-state index contributed by atoms with van der Waals surface area (Å²) in [6.07, 6.45) is 33.8. The number of fused-ring (bicyclic) bond motifs is 3. The summed E-state index contributed by atoms with van der Waals surface area (Å²) in [5.74, 6) is 8.20. The molecule has 14 heterocycles. The smallest absolute Gasteiger partial charge is 0.0563 e. The van der Waals surface area contributed by atoms with Crippen LogP contribution in [0.2, 0.25) is 0 Å². The van der Waals surface area contributed by atoms with Crippen LogP contribution in [0, 0.1) is 76.2 Å². The Morgan fingerprint density at radius 1 is 0.495 bits per heavy atom. The summed E-state index contributed by atoms with van der Waals surface area (Å²) in [5.41, 5.74) is 11.1. The minimum Gasteiger partial charge on any atom is -0.429 e. The number of aryl methyl sites for hydroxylation is 4. The van der Waals surface area contributed by atoms with Crippen molar-refractivity contribution in [2.45, 2.75) is 108 Å². The van der Waals surface area contributed by atoms with Crippen LogP contribution in [0.1, 0.15) is 102 Å². The molecule has 1 unspecified atom stereocenters. The molecule has 0 radical (unpaired) electrons. The van der Waals surface area contributed by atoms with E-state index in [1.807, 2.05) is 186 Å². The van der Waals surface area contributed by atoms with E-state index in [2.05, 4.69) is 216 Å². The summed E-state index contributed by atoms with van der Waals surface area (Å²) >= 11 is 3.62. The Morgan fingerprint density at radius 3 is 1.60 bits per heavy atom. The number of hydrogen-bond acceptors (Lipinski definition) is 12. The van der Waals surface area contributed by atoms with Gasteiger partial charge >= 0.3 is 118 Å². The molecule has 0 fully saturated rings. The third kappa shape index (κ3) is 26.9. The number of pyridine rings is 8. The van der Waals surface area contributed by atoms with Crippen LogP contribution in [-0.2, 0) is 33.0 Å². The van der Waals surface area contributed by atoms with E-state index in [-0.39, 0.29) is 136 Å². The van der Waals surface area contributed by atoms with Crippen molar-refractivity contribution in [2.75, 3.05) is 0 Å². The van der Waals surface area contributed by atoms with Crippen LogP contribution in [0.15, 0.2) is 220 Å². The van der Waals surface area contributed by atoms with Gasteiger partial charge in [-0.3, -0.25) is 29.9 Å². The Hall–Kier alpha value is -6.11. The van der Waals surface area contributed by atoms with E-state index in [9.17, 15) is 0 Å². The van der Waals surface area contributed by atoms with E-state index in [4.69, 9.17) is 0 Å². The fourth-order valence-corrected chi connectivity index (χ4v) is 10.1. The summed E-state index contributed by atoms with van der Waals surface area (Å²) in [6.45, 7) is 28.0. The molecular weight excluding hydrogens is 1660 g/mol. The number of imidazole rings is 2. The fraction of sp³-hybridized carbons (Fsp3) is 0.241. The van der Waals surface area contributed by atoms with Gasteiger partial charge in [-0.25, -0.2) is 9.97 Å². The van der Waals surface area contributed by atoms with Gasteiger partial charge in [-0.1, -0.05) is 225 Å². The molecule has 1 atom stereocenters. The second-order valence-electron chi connectivity index (χ2n) is 25.9. The third-order valence-corrected chi connectivity index (χ3v) is 15.6. The topological polar surface area (TPSA) is 184 Å². The van der Waals surface area contributed by atoms with Crippen molar-refractivity contribution >= 4 is 99.0 Å². The predicted molar refractivity (Wildman–Crippen MR) is 409 cm³/mol. The number of halogens is 3. The number of benzene rings is 1. The van der Waals surface area contributed by atoms with E-state index in [0.717, 1.165) is 92.8 Å². The molecule has 0 amide bonds. The average Bonchev–Trinajstić information content (AvgIpc) is 1.72. The van der Waals surface area contributed by atoms with Gasteiger partial charge in [0.25, 0.3) is 0 Å². The van der Waals surface area contributed by atoms with Gasteiger partial charge in [-0.05, 0) is 109 Å². The Balaban J connectivity index is 0.000000322. The summed E-state index contributed by atoms with van der Waals surface area (Å²) in [7, 11) is 0. The van der Waals surface area contributed by atoms with Crippen molar-refractivity contribution in [3.63, 3.8) is 0 Å². The zero-order chi connectivity index (χ0) is 70.5. The molecule has 0 N–H and O–H groups in total. The number of aromatic nitrogens is 18. The number of hydrogen-bond donors (Lipinski definition) is 0. The van der Waals surface area contributed by atoms with Crippen molar-refractivity contribution in [1.29, 1.82) is 0 Å². The molecule has 18 nitrogen and oxygen atoms in total. The van der Waals surface area contributed by atoms with Gasteiger partial charge in [0.15, 0.2) is 5.82 Å². The first-order valence-electron chi connectivity index (χ1n) is 32.6. The molecule has 0 aliphatic carbocycles. The summed E-state index contributed by atoms with van der Waals surface area (Å²) in [5, 5.41) is 5.56. The number of rotatable bonds is 10. The van der Waals surface area contributed by atoms with Crippen LogP contribution < -0.4 is 78.7 Å². The maximum Gasteiger partial charge on any atom is 0.0563 e. The third-order valence-electron chi connectivity index (χ3n) is 15.6. The molecule has 516 valence electrons. The molecule has 15 aromatic rings. The van der Waals surface area contributed by atoms with Gasteiger partial charge in [0.05, 0.1) is 29.1 Å². The van der Waals surface area contributed by atoms with Crippen molar-refractivity contribution < 1.29 is 93.5 Å². The molecule has 1 aromatic carbocycles. The predicted octanol–water partition coefficient (Wildman–Crippen LogP) is 4.16. The maximum atomic E-state index is 4.40. The Labute approximate surface area is 722 Å². The molecule has 26 heteroatoms. The van der Waals surface area contributed by atoms with Crippen LogP contribution in [0.5, 0.6) is 0 Å². The second-order valence-corrected chi connectivity index (χ2v) is 25.9. The standard InChI is InChI=1S/C15H22N4.C15H19N2.C13H10N3.C13H9N2.C12H14N3.C11H7N4.BrH.2HI.2Li.2Mg.Zn/c1-10(2)11(3)8-14-6-7-16-15(9-14)19-13(5)17-12(4)18-19;1-12-8-10-17(13(12)11-15(2,3)4)14-7-5-6-9-16-14;1-10-4-7-15-13(9-10)16-8-5-11-12(16)3-2-6-14-11;1-2-6-12-11(5-1)8-10-15(12)13-7-3-4-9-14-13;1-12(2,3)10-8-15(9-14-10)11-6-4-5-7-13-11;1-2-6-12-10(5-1)15-8-14-9-4-3-7-13-11(9)15;;;;;;;;/h6-7,9-11H,8H2,1-5H3;5-9H,11H2,1-4H3;2-7,9H,1H3;1-9H;4-8H,1-3H3;1-7H;3*1H;;;;;/q;5*-1;;;;2*+1;3*+2/p-3. The van der Waals surface area contributed by atoms with Crippen LogP contribution >= 0.6 is 19.8 Å². The van der Waals surface area contributed by atoms with Gasteiger partial charge in [-0.2, -0.15) is 4.68 Å². The van der Waals surface area contributed by atoms with Crippen molar-refractivity contribution in [1.82, 2.24) is 87.4 Å². The molecule has 0 aliphatic rings. The fourth-order valence-electron chi connectivity index (χ4n) is 10.1. The molecule has 0 saturated carbocycles. The van der Waals surface area contributed by atoms with Gasteiger partial charge in [0.1, 0.15) is 11.6 Å². The Kier molecular flexibility index (Phi) is 40.5. The number of para-hydroxylation sites is 1. The first-order valence-corrected chi connectivity index (χ1v) is 41.6. The van der Waals surface area contributed by atoms with Gasteiger partial charge in [-0.15, -0.1) is 40.3 Å². The van der Waals surface area contributed by atoms with E-state index in [1.54, 1.807) is 46.4 Å². The van der Waals surface area contributed by atoms with E-state index >= 15 is 0 Å². The molecule has 0 spiro atoms. The monoisotopic (exact) mass is 1740 g/mol. The zero-order valence-electron chi connectivity index (χ0n) is 62.7. The quantitative estimate of drug-likeness (QED) is 0.109. The zero-order valence-corrected chi connectivity index (χ0v) is 74.4. The first-order chi connectivity index (χ1) is 47.8. The molecule has 105 heavy (non-hydrogen) atoms. The minimum atomic E-state index is 0. The van der Waals surface area contributed by atoms with E-state index in [1.165, 1.54) is 42.6 Å². The second kappa shape index (κ2) is 45.6. The van der Waals surface area contributed by atoms with Crippen molar-refractivity contribution in [2.24, 2.45) is 17.3 Å².